The Morgan fingerprint density at radius 1 is 1.25 bits per heavy atom. The van der Waals surface area contributed by atoms with Gasteiger partial charge in [-0.3, -0.25) is 9.59 Å². The lowest BCUT2D eigenvalue weighted by Crippen LogP contribution is -2.22. The van der Waals surface area contributed by atoms with Crippen LogP contribution in [0.5, 0.6) is 0 Å². The molecule has 24 heavy (non-hydrogen) atoms. The van der Waals surface area contributed by atoms with Gasteiger partial charge in [-0.2, -0.15) is 0 Å². The fourth-order valence-corrected chi connectivity index (χ4v) is 3.72. The van der Waals surface area contributed by atoms with Crippen LogP contribution in [0.2, 0.25) is 0 Å². The van der Waals surface area contributed by atoms with Crippen LogP contribution >= 0.6 is 11.3 Å². The molecule has 2 atom stereocenters. The molecule has 1 aromatic heterocycles. The van der Waals surface area contributed by atoms with Crippen LogP contribution in [0.1, 0.15) is 48.0 Å². The first kappa shape index (κ1) is 18.4. The minimum absolute atomic E-state index is 0.0800. The van der Waals surface area contributed by atoms with Gasteiger partial charge in [-0.25, -0.2) is 4.79 Å². The Labute approximate surface area is 145 Å². The second-order valence-electron chi connectivity index (χ2n) is 5.89. The maximum Gasteiger partial charge on any atom is 0.341 e. The molecule has 6 nitrogen and oxygen atoms in total. The summed E-state index contributed by atoms with van der Waals surface area (Å²) in [7, 11) is 0. The normalized spacial score (nSPS) is 18.8. The van der Waals surface area contributed by atoms with E-state index in [1.165, 1.54) is 11.3 Å². The van der Waals surface area contributed by atoms with Gasteiger partial charge < -0.3 is 14.8 Å². The van der Waals surface area contributed by atoms with Crippen LogP contribution < -0.4 is 5.32 Å². The summed E-state index contributed by atoms with van der Waals surface area (Å²) in [5.74, 6) is -0.976. The highest BCUT2D eigenvalue weighted by molar-refractivity contribution is 7.16. The third-order valence-electron chi connectivity index (χ3n) is 4.05. The number of carbonyl (C=O) groups is 3. The molecule has 0 spiro atoms. The van der Waals surface area contributed by atoms with Crippen LogP contribution in [0, 0.1) is 18.8 Å². The minimum atomic E-state index is -0.453. The Balaban J connectivity index is 2.03. The van der Waals surface area contributed by atoms with Crippen LogP contribution in [-0.4, -0.2) is 31.1 Å². The Bertz CT molecular complexity index is 652. The molecule has 1 N–H and O–H groups in total. The van der Waals surface area contributed by atoms with Crippen molar-refractivity contribution in [3.63, 3.8) is 0 Å². The molecular weight excluding hydrogens is 330 g/mol. The van der Waals surface area contributed by atoms with E-state index in [-0.39, 0.29) is 25.1 Å². The molecule has 1 aromatic rings. The van der Waals surface area contributed by atoms with Crippen molar-refractivity contribution >= 4 is 34.2 Å². The van der Waals surface area contributed by atoms with E-state index >= 15 is 0 Å². The highest BCUT2D eigenvalue weighted by Crippen LogP contribution is 2.38. The number of hydrogen-bond donors (Lipinski definition) is 1. The van der Waals surface area contributed by atoms with E-state index in [2.05, 4.69) is 5.32 Å². The molecule has 1 aliphatic carbocycles. The number of nitrogens with one attached hydrogen (secondary N) is 1. The molecule has 7 heteroatoms. The SMILES string of the molecule is CCOC(=O)c1c(NC(=O)COC(=O)[C@@H]2C[C@H]2C)sc(C)c1CC. The first-order valence-corrected chi connectivity index (χ1v) is 8.96. The number of aryl methyl sites for hydroxylation is 1. The van der Waals surface area contributed by atoms with E-state index in [1.807, 2.05) is 20.8 Å². The predicted molar refractivity (Wildman–Crippen MR) is 91.3 cm³/mol. The Morgan fingerprint density at radius 2 is 1.92 bits per heavy atom. The van der Waals surface area contributed by atoms with Gasteiger partial charge in [0, 0.05) is 4.88 Å². The Kier molecular flexibility index (Phi) is 5.99. The van der Waals surface area contributed by atoms with Crippen molar-refractivity contribution in [2.75, 3.05) is 18.5 Å². The van der Waals surface area contributed by atoms with Crippen molar-refractivity contribution in [1.82, 2.24) is 0 Å². The van der Waals surface area contributed by atoms with Crippen molar-refractivity contribution < 1.29 is 23.9 Å². The van der Waals surface area contributed by atoms with E-state index in [1.54, 1.807) is 6.92 Å². The molecule has 0 unspecified atom stereocenters. The van der Waals surface area contributed by atoms with Gasteiger partial charge in [0.25, 0.3) is 5.91 Å². The molecule has 2 rings (SSSR count). The quantitative estimate of drug-likeness (QED) is 0.762. The zero-order chi connectivity index (χ0) is 17.9. The standard InChI is InChI=1S/C17H23NO5S/c1-5-11-10(4)24-15(14(11)17(21)22-6-2)18-13(19)8-23-16(20)12-7-9(12)3/h9,12H,5-8H2,1-4H3,(H,18,19)/t9-,12-/m1/s1. The summed E-state index contributed by atoms with van der Waals surface area (Å²) in [5, 5.41) is 3.12. The summed E-state index contributed by atoms with van der Waals surface area (Å²) >= 11 is 1.33. The van der Waals surface area contributed by atoms with Gasteiger partial charge in [-0.05, 0) is 38.2 Å². The molecule has 1 amide bonds. The number of carbonyl (C=O) groups excluding carboxylic acids is 3. The largest absolute Gasteiger partial charge is 0.462 e. The van der Waals surface area contributed by atoms with Gasteiger partial charge in [-0.1, -0.05) is 13.8 Å². The molecule has 1 fully saturated rings. The molecule has 0 saturated heterocycles. The van der Waals surface area contributed by atoms with Crippen LogP contribution in [0.25, 0.3) is 0 Å². The molecule has 132 valence electrons. The number of thiophene rings is 1. The summed E-state index contributed by atoms with van der Waals surface area (Å²) < 4.78 is 10.1. The number of anilines is 1. The zero-order valence-corrected chi connectivity index (χ0v) is 15.2. The van der Waals surface area contributed by atoms with Crippen LogP contribution in [0.4, 0.5) is 5.00 Å². The first-order chi connectivity index (χ1) is 11.4. The second kappa shape index (κ2) is 7.79. The van der Waals surface area contributed by atoms with Gasteiger partial charge in [0.15, 0.2) is 6.61 Å². The maximum absolute atomic E-state index is 12.2. The predicted octanol–water partition coefficient (Wildman–Crippen LogP) is 2.93. The van der Waals surface area contributed by atoms with Crippen LogP contribution in [-0.2, 0) is 25.5 Å². The summed E-state index contributed by atoms with van der Waals surface area (Å²) in [6.45, 7) is 7.47. The Morgan fingerprint density at radius 3 is 2.46 bits per heavy atom. The summed E-state index contributed by atoms with van der Waals surface area (Å²) in [5.41, 5.74) is 1.27. The number of amides is 1. The number of ether oxygens (including phenoxy) is 2. The van der Waals surface area contributed by atoms with Crippen molar-refractivity contribution in [1.29, 1.82) is 0 Å². The van der Waals surface area contributed by atoms with E-state index in [9.17, 15) is 14.4 Å². The molecule has 0 bridgehead atoms. The zero-order valence-electron chi connectivity index (χ0n) is 14.4. The van der Waals surface area contributed by atoms with E-state index < -0.39 is 11.9 Å². The molecule has 1 heterocycles. The topological polar surface area (TPSA) is 81.7 Å². The molecule has 0 aromatic carbocycles. The average Bonchev–Trinajstić information content (AvgIpc) is 3.17. The Hall–Kier alpha value is -1.89. The number of rotatable bonds is 7. The number of hydrogen-bond acceptors (Lipinski definition) is 6. The van der Waals surface area contributed by atoms with Crippen molar-refractivity contribution in [2.24, 2.45) is 11.8 Å². The van der Waals surface area contributed by atoms with Gasteiger partial charge in [0.05, 0.1) is 18.1 Å². The molecule has 0 radical (unpaired) electrons. The maximum atomic E-state index is 12.2. The molecule has 1 aliphatic rings. The second-order valence-corrected chi connectivity index (χ2v) is 7.12. The van der Waals surface area contributed by atoms with Gasteiger partial charge in [0.1, 0.15) is 5.00 Å². The third kappa shape index (κ3) is 4.14. The lowest BCUT2D eigenvalue weighted by atomic mass is 10.1. The fourth-order valence-electron chi connectivity index (χ4n) is 2.57. The van der Waals surface area contributed by atoms with Gasteiger partial charge in [0.2, 0.25) is 0 Å². The number of esters is 2. The first-order valence-electron chi connectivity index (χ1n) is 8.14. The lowest BCUT2D eigenvalue weighted by molar-refractivity contribution is -0.148. The van der Waals surface area contributed by atoms with E-state index in [4.69, 9.17) is 9.47 Å². The fraction of sp³-hybridized carbons (Fsp3) is 0.588. The highest BCUT2D eigenvalue weighted by Gasteiger charge is 2.40. The molecular formula is C17H23NO5S. The third-order valence-corrected chi connectivity index (χ3v) is 5.12. The van der Waals surface area contributed by atoms with E-state index in [0.717, 1.165) is 16.9 Å². The summed E-state index contributed by atoms with van der Waals surface area (Å²) in [6, 6.07) is 0. The summed E-state index contributed by atoms with van der Waals surface area (Å²) in [6.07, 6.45) is 1.48. The van der Waals surface area contributed by atoms with Crippen molar-refractivity contribution in [3.8, 4) is 0 Å². The van der Waals surface area contributed by atoms with Crippen LogP contribution in [0.15, 0.2) is 0 Å². The van der Waals surface area contributed by atoms with Gasteiger partial charge in [-0.15, -0.1) is 11.3 Å². The monoisotopic (exact) mass is 353 g/mol. The average molecular weight is 353 g/mol. The molecule has 0 aliphatic heterocycles. The summed E-state index contributed by atoms with van der Waals surface area (Å²) in [4.78, 5) is 36.9. The lowest BCUT2D eigenvalue weighted by Gasteiger charge is -2.08. The molecule has 1 saturated carbocycles. The minimum Gasteiger partial charge on any atom is -0.462 e. The van der Waals surface area contributed by atoms with E-state index in [0.29, 0.717) is 22.9 Å². The van der Waals surface area contributed by atoms with Crippen molar-refractivity contribution in [2.45, 2.75) is 40.5 Å². The van der Waals surface area contributed by atoms with Crippen molar-refractivity contribution in [3.05, 3.63) is 16.0 Å². The smallest absolute Gasteiger partial charge is 0.341 e. The highest BCUT2D eigenvalue weighted by atomic mass is 32.1. The van der Waals surface area contributed by atoms with Gasteiger partial charge >= 0.3 is 11.9 Å². The van der Waals surface area contributed by atoms with Crippen LogP contribution in [0.3, 0.4) is 0 Å².